The maximum absolute atomic E-state index is 4.90. The van der Waals surface area contributed by atoms with Gasteiger partial charge in [-0.2, -0.15) is 0 Å². The van der Waals surface area contributed by atoms with Gasteiger partial charge in [0.1, 0.15) is 5.82 Å². The van der Waals surface area contributed by atoms with E-state index in [-0.39, 0.29) is 0 Å². The number of aromatic amines is 1. The molecule has 0 radical (unpaired) electrons. The standard InChI is InChI=1S/C23H38N2/c1-3-5-7-9-11-13-17-20(16-12-10-8-6-4-2)23-24-21-18-14-15-19-22(21)25-23/h14-15,18-20H,3-13,16-17H2,1-2H3,(H,24,25). The number of imidazole rings is 1. The molecule has 25 heavy (non-hydrogen) atoms. The summed E-state index contributed by atoms with van der Waals surface area (Å²) in [5, 5.41) is 0. The smallest absolute Gasteiger partial charge is 0.110 e. The molecule has 1 aromatic heterocycles. The minimum Gasteiger partial charge on any atom is -0.342 e. The molecule has 1 heterocycles. The van der Waals surface area contributed by atoms with Crippen LogP contribution in [0.3, 0.4) is 0 Å². The Balaban J connectivity index is 1.86. The van der Waals surface area contributed by atoms with E-state index in [2.05, 4.69) is 43.1 Å². The van der Waals surface area contributed by atoms with Crippen LogP contribution >= 0.6 is 0 Å². The van der Waals surface area contributed by atoms with Crippen LogP contribution < -0.4 is 0 Å². The quantitative estimate of drug-likeness (QED) is 0.349. The van der Waals surface area contributed by atoms with Crippen molar-refractivity contribution in [1.82, 2.24) is 9.97 Å². The molecule has 0 saturated heterocycles. The fourth-order valence-electron chi connectivity index (χ4n) is 3.75. The second-order valence-electron chi connectivity index (χ2n) is 7.60. The van der Waals surface area contributed by atoms with Gasteiger partial charge in [0.25, 0.3) is 0 Å². The highest BCUT2D eigenvalue weighted by atomic mass is 14.9. The monoisotopic (exact) mass is 342 g/mol. The van der Waals surface area contributed by atoms with Crippen LogP contribution in [0.2, 0.25) is 0 Å². The largest absolute Gasteiger partial charge is 0.342 e. The van der Waals surface area contributed by atoms with Gasteiger partial charge in [0, 0.05) is 5.92 Å². The van der Waals surface area contributed by atoms with Crippen LogP contribution in [-0.4, -0.2) is 9.97 Å². The number of benzene rings is 1. The summed E-state index contributed by atoms with van der Waals surface area (Å²) in [6, 6.07) is 8.45. The fraction of sp³-hybridized carbons (Fsp3) is 0.696. The molecule has 0 aliphatic heterocycles. The van der Waals surface area contributed by atoms with E-state index >= 15 is 0 Å². The normalized spacial score (nSPS) is 12.7. The number of hydrogen-bond acceptors (Lipinski definition) is 1. The molecule has 1 unspecified atom stereocenters. The highest BCUT2D eigenvalue weighted by Crippen LogP contribution is 2.28. The van der Waals surface area contributed by atoms with E-state index in [4.69, 9.17) is 4.98 Å². The summed E-state index contributed by atoms with van der Waals surface area (Å²) in [6.07, 6.45) is 17.7. The van der Waals surface area contributed by atoms with Gasteiger partial charge in [0.2, 0.25) is 0 Å². The van der Waals surface area contributed by atoms with Crippen LogP contribution in [-0.2, 0) is 0 Å². The van der Waals surface area contributed by atoms with Crippen molar-refractivity contribution in [2.45, 2.75) is 103 Å². The Morgan fingerprint density at radius 3 is 1.92 bits per heavy atom. The summed E-state index contributed by atoms with van der Waals surface area (Å²) in [7, 11) is 0. The maximum atomic E-state index is 4.90. The molecule has 0 spiro atoms. The molecular formula is C23H38N2. The molecule has 1 aromatic carbocycles. The molecule has 1 N–H and O–H groups in total. The fourth-order valence-corrected chi connectivity index (χ4v) is 3.75. The van der Waals surface area contributed by atoms with E-state index in [1.54, 1.807) is 0 Å². The summed E-state index contributed by atoms with van der Waals surface area (Å²) in [5.74, 6) is 1.84. The molecule has 2 nitrogen and oxygen atoms in total. The molecule has 0 saturated carbocycles. The zero-order chi connectivity index (χ0) is 17.7. The van der Waals surface area contributed by atoms with E-state index < -0.39 is 0 Å². The lowest BCUT2D eigenvalue weighted by Gasteiger charge is -2.14. The van der Waals surface area contributed by atoms with Crippen LogP contribution in [0.1, 0.15) is 109 Å². The average molecular weight is 343 g/mol. The summed E-state index contributed by atoms with van der Waals surface area (Å²) in [5.41, 5.74) is 2.31. The first kappa shape index (κ1) is 20.0. The number of nitrogens with one attached hydrogen (secondary N) is 1. The van der Waals surface area contributed by atoms with E-state index in [1.165, 1.54) is 94.8 Å². The highest BCUT2D eigenvalue weighted by molar-refractivity contribution is 5.74. The van der Waals surface area contributed by atoms with E-state index in [1.807, 2.05) is 0 Å². The van der Waals surface area contributed by atoms with Crippen molar-refractivity contribution in [3.05, 3.63) is 30.1 Å². The second kappa shape index (κ2) is 12.1. The summed E-state index contributed by atoms with van der Waals surface area (Å²) in [4.78, 5) is 8.50. The number of rotatable bonds is 14. The van der Waals surface area contributed by atoms with Crippen LogP contribution in [0.5, 0.6) is 0 Å². The minimum absolute atomic E-state index is 0.611. The highest BCUT2D eigenvalue weighted by Gasteiger charge is 2.15. The number of para-hydroxylation sites is 2. The number of fused-ring (bicyclic) bond motifs is 1. The van der Waals surface area contributed by atoms with Gasteiger partial charge >= 0.3 is 0 Å². The summed E-state index contributed by atoms with van der Waals surface area (Å²) in [6.45, 7) is 4.58. The van der Waals surface area contributed by atoms with Gasteiger partial charge in [-0.3, -0.25) is 0 Å². The van der Waals surface area contributed by atoms with Gasteiger partial charge in [0.05, 0.1) is 11.0 Å². The van der Waals surface area contributed by atoms with E-state index in [0.29, 0.717) is 5.92 Å². The molecule has 0 bridgehead atoms. The predicted octanol–water partition coefficient (Wildman–Crippen LogP) is 7.76. The Labute approximate surface area is 154 Å². The Hall–Kier alpha value is -1.31. The molecule has 0 aliphatic carbocycles. The zero-order valence-electron chi connectivity index (χ0n) is 16.5. The average Bonchev–Trinajstić information content (AvgIpc) is 3.06. The van der Waals surface area contributed by atoms with Gasteiger partial charge in [-0.25, -0.2) is 4.98 Å². The van der Waals surface area contributed by atoms with Gasteiger partial charge in [-0.1, -0.05) is 96.6 Å². The number of H-pyrrole nitrogens is 1. The Morgan fingerprint density at radius 1 is 0.760 bits per heavy atom. The molecule has 0 aliphatic rings. The zero-order valence-corrected chi connectivity index (χ0v) is 16.5. The molecular weight excluding hydrogens is 304 g/mol. The minimum atomic E-state index is 0.611. The van der Waals surface area contributed by atoms with Gasteiger partial charge < -0.3 is 4.98 Å². The first-order chi connectivity index (χ1) is 12.3. The van der Waals surface area contributed by atoms with Crippen LogP contribution in [0.4, 0.5) is 0 Å². The number of aromatic nitrogens is 2. The third kappa shape index (κ3) is 7.22. The van der Waals surface area contributed by atoms with Crippen LogP contribution in [0.15, 0.2) is 24.3 Å². The summed E-state index contributed by atoms with van der Waals surface area (Å²) < 4.78 is 0. The molecule has 0 fully saturated rings. The van der Waals surface area contributed by atoms with Gasteiger partial charge in [-0.05, 0) is 25.0 Å². The van der Waals surface area contributed by atoms with Crippen molar-refractivity contribution in [3.63, 3.8) is 0 Å². The van der Waals surface area contributed by atoms with Gasteiger partial charge in [0.15, 0.2) is 0 Å². The molecule has 2 heteroatoms. The van der Waals surface area contributed by atoms with Crippen molar-refractivity contribution >= 4 is 11.0 Å². The lowest BCUT2D eigenvalue weighted by molar-refractivity contribution is 0.476. The third-order valence-electron chi connectivity index (χ3n) is 5.36. The SMILES string of the molecule is CCCCCCCCC(CCCCCCC)c1nc2ccccc2[nH]1. The molecule has 2 aromatic rings. The van der Waals surface area contributed by atoms with Crippen LogP contribution in [0, 0.1) is 0 Å². The Morgan fingerprint density at radius 2 is 1.32 bits per heavy atom. The molecule has 2 rings (SSSR count). The predicted molar refractivity (Wildman–Crippen MR) is 110 cm³/mol. The number of nitrogens with zero attached hydrogens (tertiary/aromatic N) is 1. The van der Waals surface area contributed by atoms with Crippen molar-refractivity contribution in [2.75, 3.05) is 0 Å². The summed E-state index contributed by atoms with van der Waals surface area (Å²) >= 11 is 0. The Bertz CT molecular complexity index is 539. The molecule has 0 amide bonds. The lowest BCUT2D eigenvalue weighted by Crippen LogP contribution is -2.02. The molecule has 140 valence electrons. The van der Waals surface area contributed by atoms with E-state index in [9.17, 15) is 0 Å². The van der Waals surface area contributed by atoms with Crippen molar-refractivity contribution in [3.8, 4) is 0 Å². The topological polar surface area (TPSA) is 28.7 Å². The first-order valence-electron chi connectivity index (χ1n) is 10.8. The number of unbranched alkanes of at least 4 members (excludes halogenated alkanes) is 9. The number of hydrogen-bond donors (Lipinski definition) is 1. The van der Waals surface area contributed by atoms with Crippen LogP contribution in [0.25, 0.3) is 11.0 Å². The maximum Gasteiger partial charge on any atom is 0.110 e. The van der Waals surface area contributed by atoms with Gasteiger partial charge in [-0.15, -0.1) is 0 Å². The lowest BCUT2D eigenvalue weighted by atomic mass is 9.93. The third-order valence-corrected chi connectivity index (χ3v) is 5.36. The second-order valence-corrected chi connectivity index (χ2v) is 7.60. The van der Waals surface area contributed by atoms with E-state index in [0.717, 1.165) is 5.52 Å². The van der Waals surface area contributed by atoms with Crippen molar-refractivity contribution in [2.24, 2.45) is 0 Å². The molecule has 1 atom stereocenters. The first-order valence-corrected chi connectivity index (χ1v) is 10.8. The van der Waals surface area contributed by atoms with Crippen molar-refractivity contribution in [1.29, 1.82) is 0 Å². The van der Waals surface area contributed by atoms with Crippen molar-refractivity contribution < 1.29 is 0 Å². The Kier molecular flexibility index (Phi) is 9.69.